The van der Waals surface area contributed by atoms with E-state index in [1.165, 1.54) is 34.1 Å². The van der Waals surface area contributed by atoms with Gasteiger partial charge in [0.25, 0.3) is 0 Å². The number of hydrogen-bond acceptors (Lipinski definition) is 1. The molecule has 0 aliphatic carbocycles. The largest absolute Gasteiger partial charge is 0.358 e. The van der Waals surface area contributed by atoms with Crippen molar-refractivity contribution < 1.29 is 0 Å². The molecule has 0 aliphatic heterocycles. The van der Waals surface area contributed by atoms with Gasteiger partial charge in [0.2, 0.25) is 0 Å². The van der Waals surface area contributed by atoms with Crippen LogP contribution in [-0.4, -0.2) is 11.5 Å². The summed E-state index contributed by atoms with van der Waals surface area (Å²) in [7, 11) is 0. The summed E-state index contributed by atoms with van der Waals surface area (Å²) in [6, 6.07) is 7.17. The summed E-state index contributed by atoms with van der Waals surface area (Å²) in [6.45, 7) is 9.97. The van der Waals surface area contributed by atoms with E-state index in [1.54, 1.807) is 0 Å². The fourth-order valence-electron chi connectivity index (χ4n) is 2.83. The van der Waals surface area contributed by atoms with E-state index in [9.17, 15) is 0 Å². The highest BCUT2D eigenvalue weighted by Crippen LogP contribution is 2.31. The quantitative estimate of drug-likeness (QED) is 0.785. The maximum atomic E-state index is 3.69. The summed E-state index contributed by atoms with van der Waals surface area (Å²) in [5.74, 6) is 0. The number of H-pyrrole nitrogens is 1. The molecule has 2 N–H and O–H groups in total. The maximum absolute atomic E-state index is 3.69. The van der Waals surface area contributed by atoms with Crippen molar-refractivity contribution in [1.82, 2.24) is 10.3 Å². The normalized spacial score (nSPS) is 13.1. The average Bonchev–Trinajstić information content (AvgIpc) is 2.78. The maximum Gasteiger partial charge on any atom is 0.0459 e. The van der Waals surface area contributed by atoms with Gasteiger partial charge in [-0.05, 0) is 50.4 Å². The Morgan fingerprint density at radius 2 is 2.00 bits per heavy atom. The molecule has 0 saturated carbocycles. The molecule has 1 heterocycles. The third kappa shape index (κ3) is 2.84. The van der Waals surface area contributed by atoms with Crippen LogP contribution in [0.2, 0.25) is 0 Å². The van der Waals surface area contributed by atoms with E-state index in [1.807, 2.05) is 0 Å². The number of aryl methyl sites for hydroxylation is 2. The van der Waals surface area contributed by atoms with Crippen LogP contribution in [-0.2, 0) is 6.42 Å². The lowest BCUT2D eigenvalue weighted by Gasteiger charge is -2.18. The lowest BCUT2D eigenvalue weighted by molar-refractivity contribution is 0.518. The number of benzene rings is 1. The van der Waals surface area contributed by atoms with Crippen LogP contribution >= 0.6 is 0 Å². The summed E-state index contributed by atoms with van der Waals surface area (Å²) in [5.41, 5.74) is 5.48. The van der Waals surface area contributed by atoms with Gasteiger partial charge in [0.05, 0.1) is 0 Å². The molecule has 104 valence electrons. The molecule has 0 amide bonds. The van der Waals surface area contributed by atoms with Crippen LogP contribution in [0.1, 0.15) is 56.5 Å². The predicted molar refractivity (Wildman–Crippen MR) is 83.7 cm³/mol. The Balaban J connectivity index is 2.51. The van der Waals surface area contributed by atoms with Crippen LogP contribution in [0.15, 0.2) is 18.2 Å². The lowest BCUT2D eigenvalue weighted by Crippen LogP contribution is -2.22. The minimum Gasteiger partial charge on any atom is -0.358 e. The van der Waals surface area contributed by atoms with E-state index >= 15 is 0 Å². The molecule has 1 aromatic heterocycles. The summed E-state index contributed by atoms with van der Waals surface area (Å²) < 4.78 is 0. The lowest BCUT2D eigenvalue weighted by atomic mass is 9.98. The number of fused-ring (bicyclic) bond motifs is 1. The third-order valence-electron chi connectivity index (χ3n) is 3.83. The molecule has 1 unspecified atom stereocenters. The molecule has 0 radical (unpaired) electrons. The first-order valence-corrected chi connectivity index (χ1v) is 7.55. The van der Waals surface area contributed by atoms with Crippen LogP contribution in [0.5, 0.6) is 0 Å². The van der Waals surface area contributed by atoms with Gasteiger partial charge in [-0.1, -0.05) is 32.4 Å². The molecule has 0 spiro atoms. The van der Waals surface area contributed by atoms with E-state index in [0.717, 1.165) is 19.4 Å². The number of aromatic nitrogens is 1. The molecular weight excluding hydrogens is 232 g/mol. The van der Waals surface area contributed by atoms with Crippen molar-refractivity contribution >= 4 is 10.9 Å². The van der Waals surface area contributed by atoms with Gasteiger partial charge in [0, 0.05) is 22.6 Å². The van der Waals surface area contributed by atoms with Gasteiger partial charge < -0.3 is 10.3 Å². The molecule has 0 aliphatic rings. The minimum atomic E-state index is 0.463. The van der Waals surface area contributed by atoms with Crippen molar-refractivity contribution in [3.05, 3.63) is 35.0 Å². The van der Waals surface area contributed by atoms with Crippen LogP contribution in [0, 0.1) is 6.92 Å². The Hall–Kier alpha value is -1.28. The minimum absolute atomic E-state index is 0.463. The second-order valence-corrected chi connectivity index (χ2v) is 5.33. The highest BCUT2D eigenvalue weighted by molar-refractivity contribution is 5.86. The zero-order valence-corrected chi connectivity index (χ0v) is 12.6. The smallest absolute Gasteiger partial charge is 0.0459 e. The summed E-state index contributed by atoms with van der Waals surface area (Å²) >= 11 is 0. The van der Waals surface area contributed by atoms with Crippen LogP contribution in [0.3, 0.4) is 0 Å². The molecule has 2 heteroatoms. The van der Waals surface area contributed by atoms with Gasteiger partial charge in [-0.3, -0.25) is 0 Å². The molecule has 2 rings (SSSR count). The highest BCUT2D eigenvalue weighted by atomic mass is 14.9. The molecule has 1 aromatic carbocycles. The van der Waals surface area contributed by atoms with Crippen molar-refractivity contribution in [3.63, 3.8) is 0 Å². The van der Waals surface area contributed by atoms with Crippen molar-refractivity contribution in [1.29, 1.82) is 0 Å². The van der Waals surface area contributed by atoms with Gasteiger partial charge in [-0.15, -0.1) is 0 Å². The van der Waals surface area contributed by atoms with Crippen molar-refractivity contribution in [3.8, 4) is 0 Å². The van der Waals surface area contributed by atoms with E-state index in [4.69, 9.17) is 0 Å². The average molecular weight is 258 g/mol. The SMILES string of the molecule is CCCNC(CC)c1c(CC)[nH]c2ccc(C)cc12. The van der Waals surface area contributed by atoms with E-state index < -0.39 is 0 Å². The third-order valence-corrected chi connectivity index (χ3v) is 3.83. The molecule has 2 nitrogen and oxygen atoms in total. The van der Waals surface area contributed by atoms with Crippen LogP contribution in [0.4, 0.5) is 0 Å². The standard InChI is InChI=1S/C17H26N2/c1-5-10-18-14(6-2)17-13-11-12(4)8-9-16(13)19-15(17)7-3/h8-9,11,14,18-19H,5-7,10H2,1-4H3. The zero-order chi connectivity index (χ0) is 13.8. The van der Waals surface area contributed by atoms with Crippen molar-refractivity contribution in [2.75, 3.05) is 6.54 Å². The number of nitrogens with one attached hydrogen (secondary N) is 2. The predicted octanol–water partition coefficient (Wildman–Crippen LogP) is 4.49. The van der Waals surface area contributed by atoms with E-state index in [0.29, 0.717) is 6.04 Å². The first kappa shape index (κ1) is 14.1. The molecule has 0 fully saturated rings. The Labute approximate surface area is 116 Å². The summed E-state index contributed by atoms with van der Waals surface area (Å²) in [6.07, 6.45) is 3.38. The second kappa shape index (κ2) is 6.25. The topological polar surface area (TPSA) is 27.8 Å². The van der Waals surface area contributed by atoms with Gasteiger partial charge in [0.1, 0.15) is 0 Å². The fourth-order valence-corrected chi connectivity index (χ4v) is 2.83. The molecular formula is C17H26N2. The molecule has 0 bridgehead atoms. The number of rotatable bonds is 6. The fraction of sp³-hybridized carbons (Fsp3) is 0.529. The monoisotopic (exact) mass is 258 g/mol. The Morgan fingerprint density at radius 1 is 1.21 bits per heavy atom. The van der Waals surface area contributed by atoms with Crippen molar-refractivity contribution in [2.45, 2.75) is 53.0 Å². The van der Waals surface area contributed by atoms with E-state index in [-0.39, 0.29) is 0 Å². The van der Waals surface area contributed by atoms with Gasteiger partial charge in [-0.25, -0.2) is 0 Å². The second-order valence-electron chi connectivity index (χ2n) is 5.33. The van der Waals surface area contributed by atoms with Crippen molar-refractivity contribution in [2.24, 2.45) is 0 Å². The van der Waals surface area contributed by atoms with Gasteiger partial charge in [0.15, 0.2) is 0 Å². The van der Waals surface area contributed by atoms with Gasteiger partial charge >= 0.3 is 0 Å². The Kier molecular flexibility index (Phi) is 4.65. The molecule has 1 atom stereocenters. The van der Waals surface area contributed by atoms with Crippen LogP contribution in [0.25, 0.3) is 10.9 Å². The molecule has 2 aromatic rings. The van der Waals surface area contributed by atoms with Gasteiger partial charge in [-0.2, -0.15) is 0 Å². The Bertz CT molecular complexity index is 539. The zero-order valence-electron chi connectivity index (χ0n) is 12.6. The Morgan fingerprint density at radius 3 is 2.63 bits per heavy atom. The summed E-state index contributed by atoms with van der Waals surface area (Å²) in [4.78, 5) is 3.59. The first-order chi connectivity index (χ1) is 9.21. The molecule has 0 saturated heterocycles. The number of hydrogen-bond donors (Lipinski definition) is 2. The van der Waals surface area contributed by atoms with Crippen LogP contribution < -0.4 is 5.32 Å². The first-order valence-electron chi connectivity index (χ1n) is 7.55. The number of aromatic amines is 1. The van der Waals surface area contributed by atoms with E-state index in [2.05, 4.69) is 56.2 Å². The molecule has 19 heavy (non-hydrogen) atoms. The highest BCUT2D eigenvalue weighted by Gasteiger charge is 2.18. The summed E-state index contributed by atoms with van der Waals surface area (Å²) in [5, 5.41) is 5.08.